The van der Waals surface area contributed by atoms with Crippen molar-refractivity contribution >= 4 is 11.9 Å². The largest absolute Gasteiger partial charge is 0.508 e. The first-order valence-electron chi connectivity index (χ1n) is 8.14. The van der Waals surface area contributed by atoms with Crippen molar-refractivity contribution in [2.75, 3.05) is 19.8 Å². The zero-order chi connectivity index (χ0) is 17.7. The fraction of sp³-hybridized carbons (Fsp3) is 0.556. The van der Waals surface area contributed by atoms with Crippen LogP contribution in [0.5, 0.6) is 5.75 Å². The second-order valence-electron chi connectivity index (χ2n) is 7.10. The Morgan fingerprint density at radius 2 is 1.92 bits per heavy atom. The molecule has 1 heterocycles. The highest BCUT2D eigenvalue weighted by atomic mass is 16.5. The minimum Gasteiger partial charge on any atom is -0.508 e. The second kappa shape index (κ2) is 7.66. The number of aliphatic carboxylic acids is 1. The summed E-state index contributed by atoms with van der Waals surface area (Å²) in [5, 5.41) is 18.3. The third kappa shape index (κ3) is 5.23. The Labute approximate surface area is 142 Å². The van der Waals surface area contributed by atoms with E-state index in [1.165, 1.54) is 0 Å². The molecule has 1 aliphatic heterocycles. The second-order valence-corrected chi connectivity index (χ2v) is 7.10. The molecule has 0 spiro atoms. The molecule has 0 aromatic heterocycles. The molecule has 1 atom stereocenters. The molecule has 2 N–H and O–H groups in total. The quantitative estimate of drug-likeness (QED) is 0.831. The first kappa shape index (κ1) is 18.3. The molecule has 6 heteroatoms. The number of phenols is 1. The number of morpholine rings is 1. The first-order chi connectivity index (χ1) is 11.3. The SMILES string of the molecule is CC(C)(CC(=O)O)CC(=O)N1CCOC[C@H]1Cc1ccc(O)cc1. The number of benzene rings is 1. The summed E-state index contributed by atoms with van der Waals surface area (Å²) in [4.78, 5) is 25.4. The minimum absolute atomic E-state index is 0.0340. The van der Waals surface area contributed by atoms with E-state index in [0.717, 1.165) is 5.56 Å². The zero-order valence-corrected chi connectivity index (χ0v) is 14.2. The molecule has 0 bridgehead atoms. The van der Waals surface area contributed by atoms with Crippen molar-refractivity contribution in [3.63, 3.8) is 0 Å². The van der Waals surface area contributed by atoms with E-state index >= 15 is 0 Å². The van der Waals surface area contributed by atoms with E-state index in [1.54, 1.807) is 30.9 Å². The fourth-order valence-electron chi connectivity index (χ4n) is 3.04. The minimum atomic E-state index is -0.893. The van der Waals surface area contributed by atoms with Crippen LogP contribution in [0.3, 0.4) is 0 Å². The zero-order valence-electron chi connectivity index (χ0n) is 14.2. The van der Waals surface area contributed by atoms with Crippen molar-refractivity contribution in [3.05, 3.63) is 29.8 Å². The van der Waals surface area contributed by atoms with Crippen LogP contribution in [0.1, 0.15) is 32.3 Å². The van der Waals surface area contributed by atoms with Crippen molar-refractivity contribution in [2.24, 2.45) is 5.41 Å². The lowest BCUT2D eigenvalue weighted by molar-refractivity contribution is -0.144. The molecule has 132 valence electrons. The maximum Gasteiger partial charge on any atom is 0.303 e. The molecule has 0 radical (unpaired) electrons. The van der Waals surface area contributed by atoms with E-state index in [1.807, 2.05) is 12.1 Å². The Kier molecular flexibility index (Phi) is 5.83. The molecule has 0 aliphatic carbocycles. The maximum atomic E-state index is 12.7. The number of ether oxygens (including phenoxy) is 1. The molecule has 24 heavy (non-hydrogen) atoms. The van der Waals surface area contributed by atoms with E-state index in [0.29, 0.717) is 26.2 Å². The number of carbonyl (C=O) groups is 2. The van der Waals surface area contributed by atoms with E-state index < -0.39 is 11.4 Å². The topological polar surface area (TPSA) is 87.1 Å². The van der Waals surface area contributed by atoms with Gasteiger partial charge in [0.15, 0.2) is 0 Å². The summed E-state index contributed by atoms with van der Waals surface area (Å²) < 4.78 is 5.52. The Morgan fingerprint density at radius 3 is 2.54 bits per heavy atom. The standard InChI is InChI=1S/C18H25NO5/c1-18(2,11-17(22)23)10-16(21)19-7-8-24-12-14(19)9-13-3-5-15(20)6-4-13/h3-6,14,20H,7-12H2,1-2H3,(H,22,23)/t14-/m1/s1. The van der Waals surface area contributed by atoms with Crippen LogP contribution in [0.15, 0.2) is 24.3 Å². The van der Waals surface area contributed by atoms with Gasteiger partial charge in [0.1, 0.15) is 5.75 Å². The third-order valence-electron chi connectivity index (χ3n) is 4.22. The van der Waals surface area contributed by atoms with Crippen molar-refractivity contribution < 1.29 is 24.5 Å². The average Bonchev–Trinajstić information content (AvgIpc) is 2.48. The number of carboxylic acid groups (broad SMARTS) is 1. The molecule has 1 fully saturated rings. The van der Waals surface area contributed by atoms with Gasteiger partial charge in [-0.1, -0.05) is 26.0 Å². The van der Waals surface area contributed by atoms with Crippen LogP contribution >= 0.6 is 0 Å². The van der Waals surface area contributed by atoms with Gasteiger partial charge in [-0.3, -0.25) is 9.59 Å². The van der Waals surface area contributed by atoms with Gasteiger partial charge in [0.25, 0.3) is 0 Å². The fourth-order valence-corrected chi connectivity index (χ4v) is 3.04. The van der Waals surface area contributed by atoms with Gasteiger partial charge in [0.05, 0.1) is 25.7 Å². The number of aromatic hydroxyl groups is 1. The summed E-state index contributed by atoms with van der Waals surface area (Å²) in [6.07, 6.45) is 0.808. The maximum absolute atomic E-state index is 12.7. The normalized spacial score (nSPS) is 18.4. The van der Waals surface area contributed by atoms with Crippen LogP contribution < -0.4 is 0 Å². The smallest absolute Gasteiger partial charge is 0.303 e. The van der Waals surface area contributed by atoms with E-state index in [4.69, 9.17) is 9.84 Å². The number of phenolic OH excluding ortho intramolecular Hbond substituents is 1. The molecular formula is C18H25NO5. The van der Waals surface area contributed by atoms with Crippen LogP contribution in [0, 0.1) is 5.41 Å². The molecule has 1 saturated heterocycles. The molecular weight excluding hydrogens is 310 g/mol. The molecule has 1 aliphatic rings. The lowest BCUT2D eigenvalue weighted by Crippen LogP contribution is -2.50. The van der Waals surface area contributed by atoms with Gasteiger partial charge in [0.2, 0.25) is 5.91 Å². The molecule has 2 rings (SSSR count). The average molecular weight is 335 g/mol. The summed E-state index contributed by atoms with van der Waals surface area (Å²) in [7, 11) is 0. The molecule has 1 amide bonds. The summed E-state index contributed by atoms with van der Waals surface area (Å²) in [6.45, 7) is 5.08. The summed E-state index contributed by atoms with van der Waals surface area (Å²) in [6, 6.07) is 6.85. The Hall–Kier alpha value is -2.08. The van der Waals surface area contributed by atoms with Crippen molar-refractivity contribution in [1.29, 1.82) is 0 Å². The van der Waals surface area contributed by atoms with Crippen LogP contribution in [0.25, 0.3) is 0 Å². The van der Waals surface area contributed by atoms with Crippen LogP contribution in [0.2, 0.25) is 0 Å². The number of hydrogen-bond donors (Lipinski definition) is 2. The lowest BCUT2D eigenvalue weighted by Gasteiger charge is -2.37. The highest BCUT2D eigenvalue weighted by Gasteiger charge is 2.32. The number of hydrogen-bond acceptors (Lipinski definition) is 4. The van der Waals surface area contributed by atoms with E-state index in [9.17, 15) is 14.7 Å². The van der Waals surface area contributed by atoms with Gasteiger partial charge in [-0.2, -0.15) is 0 Å². The third-order valence-corrected chi connectivity index (χ3v) is 4.22. The summed E-state index contributed by atoms with van der Waals surface area (Å²) in [5.41, 5.74) is 0.440. The van der Waals surface area contributed by atoms with Gasteiger partial charge in [-0.25, -0.2) is 0 Å². The predicted molar refractivity (Wildman–Crippen MR) is 88.8 cm³/mol. The molecule has 1 aromatic carbocycles. The Bertz CT molecular complexity index is 582. The van der Waals surface area contributed by atoms with E-state index in [-0.39, 0.29) is 30.5 Å². The number of rotatable bonds is 6. The van der Waals surface area contributed by atoms with Crippen LogP contribution in [-0.2, 0) is 20.7 Å². The van der Waals surface area contributed by atoms with Gasteiger partial charge in [-0.15, -0.1) is 0 Å². The first-order valence-corrected chi connectivity index (χ1v) is 8.14. The molecule has 0 unspecified atom stereocenters. The van der Waals surface area contributed by atoms with Gasteiger partial charge < -0.3 is 19.8 Å². The highest BCUT2D eigenvalue weighted by Crippen LogP contribution is 2.27. The predicted octanol–water partition coefficient (Wildman–Crippen LogP) is 2.05. The van der Waals surface area contributed by atoms with Gasteiger partial charge in [0, 0.05) is 13.0 Å². The van der Waals surface area contributed by atoms with Crippen molar-refractivity contribution in [2.45, 2.75) is 39.2 Å². The summed E-state index contributed by atoms with van der Waals surface area (Å²) >= 11 is 0. The van der Waals surface area contributed by atoms with Crippen LogP contribution in [-0.4, -0.2) is 52.8 Å². The molecule has 1 aromatic rings. The van der Waals surface area contributed by atoms with Gasteiger partial charge in [-0.05, 0) is 29.5 Å². The number of carboxylic acids is 1. The number of carbonyl (C=O) groups excluding carboxylic acids is 1. The number of nitrogens with zero attached hydrogens (tertiary/aromatic N) is 1. The van der Waals surface area contributed by atoms with Gasteiger partial charge >= 0.3 is 5.97 Å². The lowest BCUT2D eigenvalue weighted by atomic mass is 9.85. The Balaban J connectivity index is 2.03. The summed E-state index contributed by atoms with van der Waals surface area (Å²) in [5.74, 6) is -0.717. The molecule has 6 nitrogen and oxygen atoms in total. The Morgan fingerprint density at radius 1 is 1.25 bits per heavy atom. The van der Waals surface area contributed by atoms with E-state index in [2.05, 4.69) is 0 Å². The van der Waals surface area contributed by atoms with Crippen molar-refractivity contribution in [1.82, 2.24) is 4.90 Å². The van der Waals surface area contributed by atoms with Crippen molar-refractivity contribution in [3.8, 4) is 5.75 Å². The monoisotopic (exact) mass is 335 g/mol. The van der Waals surface area contributed by atoms with Crippen LogP contribution in [0.4, 0.5) is 0 Å². The molecule has 0 saturated carbocycles. The number of amides is 1. The highest BCUT2D eigenvalue weighted by molar-refractivity contribution is 5.78.